The molecule has 194 valence electrons. The van der Waals surface area contributed by atoms with E-state index in [1.807, 2.05) is 13.0 Å². The lowest BCUT2D eigenvalue weighted by molar-refractivity contribution is 0.258. The number of nitrogens with one attached hydrogen (secondary N) is 2. The highest BCUT2D eigenvalue weighted by Crippen LogP contribution is 2.40. The van der Waals surface area contributed by atoms with Crippen LogP contribution in [0.5, 0.6) is 5.75 Å². The molecule has 0 bridgehead atoms. The van der Waals surface area contributed by atoms with Crippen molar-refractivity contribution in [2.45, 2.75) is 77.2 Å². The summed E-state index contributed by atoms with van der Waals surface area (Å²) in [6, 6.07) is 5.20. The van der Waals surface area contributed by atoms with E-state index in [9.17, 15) is 8.42 Å². The maximum absolute atomic E-state index is 13.5. The fraction of sp³-hybridized carbons (Fsp3) is 0.500. The predicted octanol–water partition coefficient (Wildman–Crippen LogP) is 6.11. The van der Waals surface area contributed by atoms with Gasteiger partial charge in [-0.1, -0.05) is 30.6 Å². The van der Waals surface area contributed by atoms with E-state index in [4.69, 9.17) is 9.72 Å². The van der Waals surface area contributed by atoms with Gasteiger partial charge < -0.3 is 10.1 Å². The van der Waals surface area contributed by atoms with Crippen LogP contribution in [0.15, 0.2) is 29.4 Å². The topological polar surface area (TPSA) is 106 Å². The summed E-state index contributed by atoms with van der Waals surface area (Å²) >= 11 is 1.55. The normalized spacial score (nSPS) is 15.1. The number of aryl methyl sites for hydroxylation is 3. The molecule has 0 amide bonds. The van der Waals surface area contributed by atoms with Crippen LogP contribution >= 0.6 is 11.3 Å². The molecular formula is C26H35N5O3S2. The molecule has 1 aromatic carbocycles. The van der Waals surface area contributed by atoms with E-state index in [1.54, 1.807) is 37.3 Å². The summed E-state index contributed by atoms with van der Waals surface area (Å²) in [6.45, 7) is 9.94. The second kappa shape index (κ2) is 10.3. The van der Waals surface area contributed by atoms with E-state index in [1.165, 1.54) is 45.5 Å². The van der Waals surface area contributed by atoms with Crippen LogP contribution in [0.25, 0.3) is 10.4 Å². The number of benzene rings is 1. The highest BCUT2D eigenvalue weighted by Gasteiger charge is 2.31. The Balaban J connectivity index is 1.66. The zero-order valence-electron chi connectivity index (χ0n) is 21.8. The summed E-state index contributed by atoms with van der Waals surface area (Å²) in [4.78, 5) is 14.0. The molecule has 0 spiro atoms. The first-order chi connectivity index (χ1) is 17.0. The summed E-state index contributed by atoms with van der Waals surface area (Å²) < 4.78 is 35.0. The SMILES string of the molecule is COc1ccc(-c2sc(NC(C)(C)C3CCCCC3)nc2C)cc1S(=O)(=O)Nc1c(C)ncnc1C. The number of aromatic nitrogens is 3. The van der Waals surface area contributed by atoms with Gasteiger partial charge >= 0.3 is 0 Å². The summed E-state index contributed by atoms with van der Waals surface area (Å²) in [5.74, 6) is 0.869. The summed E-state index contributed by atoms with van der Waals surface area (Å²) in [7, 11) is -2.51. The zero-order chi connectivity index (χ0) is 26.1. The average molecular weight is 530 g/mol. The lowest BCUT2D eigenvalue weighted by Crippen LogP contribution is -2.40. The van der Waals surface area contributed by atoms with Crippen LogP contribution in [0.2, 0.25) is 0 Å². The Labute approximate surface area is 218 Å². The highest BCUT2D eigenvalue weighted by atomic mass is 32.2. The molecule has 0 unspecified atom stereocenters. The molecular weight excluding hydrogens is 494 g/mol. The molecule has 36 heavy (non-hydrogen) atoms. The smallest absolute Gasteiger partial charge is 0.265 e. The zero-order valence-corrected chi connectivity index (χ0v) is 23.4. The van der Waals surface area contributed by atoms with Crippen molar-refractivity contribution in [1.82, 2.24) is 15.0 Å². The molecule has 1 aliphatic carbocycles. The number of methoxy groups -OCH3 is 1. The van der Waals surface area contributed by atoms with Crippen molar-refractivity contribution in [2.75, 3.05) is 17.1 Å². The van der Waals surface area contributed by atoms with Crippen LogP contribution in [-0.4, -0.2) is 36.0 Å². The summed E-state index contributed by atoms with van der Waals surface area (Å²) in [5.41, 5.74) is 3.04. The lowest BCUT2D eigenvalue weighted by Gasteiger charge is -2.37. The van der Waals surface area contributed by atoms with Gasteiger partial charge in [-0.3, -0.25) is 4.72 Å². The lowest BCUT2D eigenvalue weighted by atomic mass is 9.77. The number of ether oxygens (including phenoxy) is 1. The second-order valence-corrected chi connectivity index (χ2v) is 12.7. The molecule has 2 heterocycles. The number of anilines is 2. The highest BCUT2D eigenvalue weighted by molar-refractivity contribution is 7.92. The molecule has 2 aromatic heterocycles. The van der Waals surface area contributed by atoms with Gasteiger partial charge in [0.05, 0.1) is 34.8 Å². The van der Waals surface area contributed by atoms with Gasteiger partial charge in [-0.2, -0.15) is 0 Å². The quantitative estimate of drug-likeness (QED) is 0.363. The first kappa shape index (κ1) is 26.3. The fourth-order valence-corrected chi connectivity index (χ4v) is 7.38. The van der Waals surface area contributed by atoms with Crippen molar-refractivity contribution in [2.24, 2.45) is 5.92 Å². The van der Waals surface area contributed by atoms with Gasteiger partial charge in [-0.15, -0.1) is 0 Å². The maximum atomic E-state index is 13.5. The van der Waals surface area contributed by atoms with Gasteiger partial charge in [-0.25, -0.2) is 23.4 Å². The van der Waals surface area contributed by atoms with Crippen molar-refractivity contribution in [3.8, 4) is 16.2 Å². The number of hydrogen-bond acceptors (Lipinski definition) is 8. The minimum absolute atomic E-state index is 0.0509. The number of hydrogen-bond donors (Lipinski definition) is 2. The van der Waals surface area contributed by atoms with Crippen molar-refractivity contribution in [1.29, 1.82) is 0 Å². The van der Waals surface area contributed by atoms with Crippen molar-refractivity contribution < 1.29 is 13.2 Å². The molecule has 0 aliphatic heterocycles. The molecule has 0 radical (unpaired) electrons. The van der Waals surface area contributed by atoms with E-state index in [-0.39, 0.29) is 16.2 Å². The van der Waals surface area contributed by atoms with Crippen LogP contribution in [0.1, 0.15) is 63.0 Å². The molecule has 2 N–H and O–H groups in total. The first-order valence-electron chi connectivity index (χ1n) is 12.3. The van der Waals surface area contributed by atoms with E-state index < -0.39 is 10.0 Å². The van der Waals surface area contributed by atoms with Crippen LogP contribution in [0.3, 0.4) is 0 Å². The van der Waals surface area contributed by atoms with Crippen molar-refractivity contribution in [3.63, 3.8) is 0 Å². The average Bonchev–Trinajstić information content (AvgIpc) is 3.20. The molecule has 3 aromatic rings. The third-order valence-electron chi connectivity index (χ3n) is 7.03. The van der Waals surface area contributed by atoms with Crippen LogP contribution in [0, 0.1) is 26.7 Å². The Hall–Kier alpha value is -2.72. The van der Waals surface area contributed by atoms with E-state index in [0.717, 1.165) is 21.3 Å². The maximum Gasteiger partial charge on any atom is 0.265 e. The monoisotopic (exact) mass is 529 g/mol. The van der Waals surface area contributed by atoms with E-state index >= 15 is 0 Å². The minimum atomic E-state index is -3.97. The second-order valence-electron chi connectivity index (χ2n) is 10.0. The number of rotatable bonds is 8. The Kier molecular flexibility index (Phi) is 7.56. The van der Waals surface area contributed by atoms with Gasteiger partial charge in [0, 0.05) is 5.54 Å². The summed E-state index contributed by atoms with van der Waals surface area (Å²) in [5, 5.41) is 4.52. The Bertz CT molecular complexity index is 1330. The summed E-state index contributed by atoms with van der Waals surface area (Å²) in [6.07, 6.45) is 7.76. The van der Waals surface area contributed by atoms with Crippen molar-refractivity contribution in [3.05, 3.63) is 41.6 Å². The fourth-order valence-electron chi connectivity index (χ4n) is 4.88. The Morgan fingerprint density at radius 2 is 1.69 bits per heavy atom. The van der Waals surface area contributed by atoms with E-state index in [0.29, 0.717) is 23.0 Å². The molecule has 10 heteroatoms. The number of thiazole rings is 1. The van der Waals surface area contributed by atoms with Crippen molar-refractivity contribution >= 4 is 32.2 Å². The van der Waals surface area contributed by atoms with Crippen LogP contribution < -0.4 is 14.8 Å². The number of nitrogens with zero attached hydrogens (tertiary/aromatic N) is 3. The molecule has 1 aliphatic rings. The van der Waals surface area contributed by atoms with Crippen LogP contribution in [-0.2, 0) is 10.0 Å². The first-order valence-corrected chi connectivity index (χ1v) is 14.6. The number of sulfonamides is 1. The molecule has 0 saturated heterocycles. The third-order valence-corrected chi connectivity index (χ3v) is 9.52. The van der Waals surface area contributed by atoms with E-state index in [2.05, 4.69) is 33.9 Å². The molecule has 1 fully saturated rings. The van der Waals surface area contributed by atoms with Gasteiger partial charge in [0.1, 0.15) is 17.0 Å². The van der Waals surface area contributed by atoms with Gasteiger partial charge in [0.2, 0.25) is 0 Å². The van der Waals surface area contributed by atoms with Gasteiger partial charge in [0.25, 0.3) is 10.0 Å². The molecule has 0 atom stereocenters. The third kappa shape index (κ3) is 5.49. The minimum Gasteiger partial charge on any atom is -0.495 e. The van der Waals surface area contributed by atoms with Gasteiger partial charge in [0.15, 0.2) is 5.13 Å². The Morgan fingerprint density at radius 1 is 1.03 bits per heavy atom. The predicted molar refractivity (Wildman–Crippen MR) is 145 cm³/mol. The van der Waals surface area contributed by atoms with Crippen LogP contribution in [0.4, 0.5) is 10.8 Å². The van der Waals surface area contributed by atoms with Gasteiger partial charge in [-0.05, 0) is 77.1 Å². The molecule has 1 saturated carbocycles. The molecule has 8 nitrogen and oxygen atoms in total. The standard InChI is InChI=1S/C26H35N5O3S2/c1-16-23(17(2)28-15-27-16)31-36(32,33)22-14-19(12-13-21(22)34-6)24-18(3)29-25(35-24)30-26(4,5)20-10-8-7-9-11-20/h12-15,20,31H,7-11H2,1-6H3,(H,29,30). The molecule has 4 rings (SSSR count). The largest absolute Gasteiger partial charge is 0.495 e. The Morgan fingerprint density at radius 3 is 2.33 bits per heavy atom.